The molecule has 0 aliphatic heterocycles. The zero-order chi connectivity index (χ0) is 30.9. The number of nitrogens with zero attached hydrogens (tertiary/aromatic N) is 2. The Balaban J connectivity index is 2.06. The van der Waals surface area contributed by atoms with Gasteiger partial charge in [-0.1, -0.05) is 60.8 Å². The van der Waals surface area contributed by atoms with Gasteiger partial charge in [-0.15, -0.1) is 0 Å². The highest BCUT2D eigenvalue weighted by Crippen LogP contribution is 2.28. The summed E-state index contributed by atoms with van der Waals surface area (Å²) in [7, 11) is -4.19. The van der Waals surface area contributed by atoms with Gasteiger partial charge in [0, 0.05) is 23.1 Å². The van der Waals surface area contributed by atoms with Gasteiger partial charge in [-0.25, -0.2) is 8.42 Å². The molecular formula is C31H37Cl2N3O5S. The molecule has 3 aromatic rings. The van der Waals surface area contributed by atoms with Gasteiger partial charge < -0.3 is 15.0 Å². The number of rotatable bonds is 14. The lowest BCUT2D eigenvalue weighted by Gasteiger charge is -2.33. The van der Waals surface area contributed by atoms with Gasteiger partial charge in [-0.05, 0) is 80.8 Å². The molecule has 8 nitrogen and oxygen atoms in total. The number of carbonyl (C=O) groups is 2. The Bertz CT molecular complexity index is 1460. The van der Waals surface area contributed by atoms with Gasteiger partial charge in [0.25, 0.3) is 10.0 Å². The van der Waals surface area contributed by atoms with Crippen LogP contribution in [0.2, 0.25) is 10.0 Å². The van der Waals surface area contributed by atoms with Crippen molar-refractivity contribution in [2.45, 2.75) is 58.0 Å². The van der Waals surface area contributed by atoms with Crippen molar-refractivity contribution in [3.05, 3.63) is 87.9 Å². The Morgan fingerprint density at radius 1 is 0.952 bits per heavy atom. The standard InChI is InChI=1S/C31H37Cl2N3O5S/c1-5-18-34-31(38)29(6-2)35(20-23-10-11-24(32)19-28(23)33)30(37)21-36(25-12-8-22(4)9-13-25)42(39,40)27-16-14-26(15-17-27)41-7-3/h8-17,19,29H,5-7,18,20-21H2,1-4H3,(H,34,38). The van der Waals surface area contributed by atoms with Crippen LogP contribution in [0.15, 0.2) is 71.6 Å². The summed E-state index contributed by atoms with van der Waals surface area (Å²) >= 11 is 12.5. The molecule has 0 saturated carbocycles. The maximum Gasteiger partial charge on any atom is 0.264 e. The molecular weight excluding hydrogens is 597 g/mol. The average molecular weight is 635 g/mol. The van der Waals surface area contributed by atoms with Crippen LogP contribution in [0.1, 0.15) is 44.7 Å². The van der Waals surface area contributed by atoms with E-state index in [0.717, 1.165) is 16.3 Å². The third-order valence-corrected chi connectivity index (χ3v) is 8.99. The van der Waals surface area contributed by atoms with Crippen LogP contribution in [0.25, 0.3) is 0 Å². The molecule has 0 aliphatic carbocycles. The smallest absolute Gasteiger partial charge is 0.264 e. The first-order chi connectivity index (χ1) is 20.0. The number of nitrogens with one attached hydrogen (secondary N) is 1. The van der Waals surface area contributed by atoms with Crippen molar-refractivity contribution in [3.63, 3.8) is 0 Å². The monoisotopic (exact) mass is 633 g/mol. The number of hydrogen-bond donors (Lipinski definition) is 1. The largest absolute Gasteiger partial charge is 0.494 e. The molecule has 0 radical (unpaired) electrons. The van der Waals surface area contributed by atoms with Crippen molar-refractivity contribution in [3.8, 4) is 5.75 Å². The van der Waals surface area contributed by atoms with Crippen LogP contribution in [-0.2, 0) is 26.2 Å². The summed E-state index contributed by atoms with van der Waals surface area (Å²) in [5, 5.41) is 3.63. The fourth-order valence-corrected chi connectivity index (χ4v) is 6.24. The lowest BCUT2D eigenvalue weighted by atomic mass is 10.1. The number of carbonyl (C=O) groups excluding carboxylic acids is 2. The van der Waals surface area contributed by atoms with Crippen molar-refractivity contribution in [1.82, 2.24) is 10.2 Å². The van der Waals surface area contributed by atoms with Crippen LogP contribution >= 0.6 is 23.2 Å². The minimum absolute atomic E-state index is 0.000598. The molecule has 0 aliphatic rings. The van der Waals surface area contributed by atoms with Gasteiger partial charge in [-0.2, -0.15) is 0 Å². The molecule has 226 valence electrons. The summed E-state index contributed by atoms with van der Waals surface area (Å²) in [6, 6.07) is 17.0. The molecule has 0 heterocycles. The number of benzene rings is 3. The lowest BCUT2D eigenvalue weighted by molar-refractivity contribution is -0.140. The minimum atomic E-state index is -4.19. The van der Waals surface area contributed by atoms with Gasteiger partial charge in [0.1, 0.15) is 18.3 Å². The van der Waals surface area contributed by atoms with Crippen LogP contribution in [-0.4, -0.2) is 50.9 Å². The Labute approximate surface area is 258 Å². The summed E-state index contributed by atoms with van der Waals surface area (Å²) in [6.07, 6.45) is 1.03. The number of halogens is 2. The van der Waals surface area contributed by atoms with Crippen molar-refractivity contribution < 1.29 is 22.7 Å². The van der Waals surface area contributed by atoms with E-state index >= 15 is 0 Å². The Morgan fingerprint density at radius 3 is 2.19 bits per heavy atom. The number of hydrogen-bond acceptors (Lipinski definition) is 5. The number of anilines is 1. The Kier molecular flexibility index (Phi) is 12.1. The van der Waals surface area contributed by atoms with Gasteiger partial charge in [0.2, 0.25) is 11.8 Å². The van der Waals surface area contributed by atoms with E-state index in [2.05, 4.69) is 5.32 Å². The van der Waals surface area contributed by atoms with Crippen molar-refractivity contribution in [2.75, 3.05) is 24.0 Å². The molecule has 3 aromatic carbocycles. The maximum atomic E-state index is 14.1. The van der Waals surface area contributed by atoms with Crippen molar-refractivity contribution in [2.24, 2.45) is 0 Å². The van der Waals surface area contributed by atoms with Gasteiger partial charge in [-0.3, -0.25) is 13.9 Å². The van der Waals surface area contributed by atoms with Gasteiger partial charge in [0.05, 0.1) is 17.2 Å². The van der Waals surface area contributed by atoms with E-state index in [4.69, 9.17) is 27.9 Å². The number of sulfonamides is 1. The Hall–Kier alpha value is -3.27. The predicted molar refractivity (Wildman–Crippen MR) is 168 cm³/mol. The van der Waals surface area contributed by atoms with Crippen LogP contribution in [0.3, 0.4) is 0 Å². The van der Waals surface area contributed by atoms with Crippen LogP contribution in [0.5, 0.6) is 5.75 Å². The molecule has 2 amide bonds. The molecule has 1 unspecified atom stereocenters. The van der Waals surface area contributed by atoms with E-state index in [1.807, 2.05) is 20.8 Å². The highest BCUT2D eigenvalue weighted by Gasteiger charge is 2.34. The van der Waals surface area contributed by atoms with Crippen LogP contribution in [0, 0.1) is 6.92 Å². The normalized spacial score (nSPS) is 12.0. The number of aryl methyl sites for hydroxylation is 1. The highest BCUT2D eigenvalue weighted by atomic mass is 35.5. The van der Waals surface area contributed by atoms with E-state index < -0.39 is 28.5 Å². The molecule has 1 atom stereocenters. The second-order valence-electron chi connectivity index (χ2n) is 9.72. The van der Waals surface area contributed by atoms with Crippen LogP contribution in [0.4, 0.5) is 5.69 Å². The molecule has 0 spiro atoms. The third kappa shape index (κ3) is 8.40. The summed E-state index contributed by atoms with van der Waals surface area (Å²) in [4.78, 5) is 28.7. The van der Waals surface area contributed by atoms with E-state index in [1.165, 1.54) is 17.0 Å². The lowest BCUT2D eigenvalue weighted by Crippen LogP contribution is -2.52. The predicted octanol–water partition coefficient (Wildman–Crippen LogP) is 6.23. The minimum Gasteiger partial charge on any atom is -0.494 e. The molecule has 1 N–H and O–H groups in total. The number of amides is 2. The summed E-state index contributed by atoms with van der Waals surface area (Å²) < 4.78 is 34.5. The molecule has 11 heteroatoms. The average Bonchev–Trinajstić information content (AvgIpc) is 2.96. The second-order valence-corrected chi connectivity index (χ2v) is 12.4. The third-order valence-electron chi connectivity index (χ3n) is 6.61. The Morgan fingerprint density at radius 2 is 1.62 bits per heavy atom. The molecule has 0 saturated heterocycles. The number of ether oxygens (including phenoxy) is 1. The fraction of sp³-hybridized carbons (Fsp3) is 0.355. The zero-order valence-electron chi connectivity index (χ0n) is 24.3. The molecule has 0 aromatic heterocycles. The maximum absolute atomic E-state index is 14.1. The quantitative estimate of drug-likeness (QED) is 0.227. The van der Waals surface area contributed by atoms with Crippen LogP contribution < -0.4 is 14.4 Å². The van der Waals surface area contributed by atoms with Crippen molar-refractivity contribution in [1.29, 1.82) is 0 Å². The second kappa shape index (κ2) is 15.3. The first kappa shape index (κ1) is 33.2. The molecule has 42 heavy (non-hydrogen) atoms. The van der Waals surface area contributed by atoms with E-state index in [1.54, 1.807) is 61.5 Å². The van der Waals surface area contributed by atoms with E-state index in [0.29, 0.717) is 46.6 Å². The fourth-order valence-electron chi connectivity index (χ4n) is 4.36. The molecule has 0 fully saturated rings. The topological polar surface area (TPSA) is 96.0 Å². The van der Waals surface area contributed by atoms with E-state index in [-0.39, 0.29) is 17.3 Å². The summed E-state index contributed by atoms with van der Waals surface area (Å²) in [5.41, 5.74) is 1.82. The highest BCUT2D eigenvalue weighted by molar-refractivity contribution is 7.92. The molecule has 0 bridgehead atoms. The van der Waals surface area contributed by atoms with E-state index in [9.17, 15) is 18.0 Å². The zero-order valence-corrected chi connectivity index (χ0v) is 26.6. The van der Waals surface area contributed by atoms with Gasteiger partial charge in [0.15, 0.2) is 0 Å². The SMILES string of the molecule is CCCNC(=O)C(CC)N(Cc1ccc(Cl)cc1Cl)C(=O)CN(c1ccc(C)cc1)S(=O)(=O)c1ccc(OCC)cc1. The first-order valence-electron chi connectivity index (χ1n) is 13.8. The van der Waals surface area contributed by atoms with Gasteiger partial charge >= 0.3 is 0 Å². The first-order valence-corrected chi connectivity index (χ1v) is 16.0. The summed E-state index contributed by atoms with van der Waals surface area (Å²) in [6.45, 7) is 7.79. The van der Waals surface area contributed by atoms with Crippen molar-refractivity contribution >= 4 is 50.7 Å². The summed E-state index contributed by atoms with van der Waals surface area (Å²) in [5.74, 6) is -0.354. The molecule has 3 rings (SSSR count).